The van der Waals surface area contributed by atoms with Gasteiger partial charge in [0.15, 0.2) is 0 Å². The predicted molar refractivity (Wildman–Crippen MR) is 120 cm³/mol. The van der Waals surface area contributed by atoms with E-state index >= 15 is 0 Å². The first-order valence-corrected chi connectivity index (χ1v) is 12.4. The van der Waals surface area contributed by atoms with E-state index in [1.807, 2.05) is 19.9 Å². The summed E-state index contributed by atoms with van der Waals surface area (Å²) in [5.74, 6) is -0.110. The van der Waals surface area contributed by atoms with E-state index in [1.165, 1.54) is 0 Å². The molecule has 2 bridgehead atoms. The molecule has 9 heteroatoms. The van der Waals surface area contributed by atoms with Crippen molar-refractivity contribution in [1.29, 1.82) is 0 Å². The largest absolute Gasteiger partial charge is 0.426 e. The van der Waals surface area contributed by atoms with Gasteiger partial charge in [0, 0.05) is 12.3 Å². The molecule has 0 saturated heterocycles. The summed E-state index contributed by atoms with van der Waals surface area (Å²) in [6.07, 6.45) is -7.26. The number of alkyl halides is 6. The first-order chi connectivity index (χ1) is 15.7. The summed E-state index contributed by atoms with van der Waals surface area (Å²) in [7, 11) is 0. The van der Waals surface area contributed by atoms with Crippen molar-refractivity contribution in [1.82, 2.24) is 0 Å². The van der Waals surface area contributed by atoms with Crippen molar-refractivity contribution >= 4 is 0 Å². The standard InChI is InChI=1S/C26H38F6O3/c1-15(7-6-11-24(35,25(27,28)29)26(30,31)32)22(5)12-10-17(21(22,3)4)8-9-20-19-13-18(33)14-23(20,34)16(19)2/h8-9,15,17-20,33-35H,2,6-7,10-14H2,1,3-5H3/t15-,17-,18-,19?,20?,22-,23-/m1/s1. The van der Waals surface area contributed by atoms with Gasteiger partial charge in [-0.2, -0.15) is 26.3 Å². The molecule has 3 aliphatic carbocycles. The van der Waals surface area contributed by atoms with Gasteiger partial charge in [0.05, 0.1) is 11.7 Å². The second-order valence-corrected chi connectivity index (χ2v) is 12.0. The average Bonchev–Trinajstić information content (AvgIpc) is 2.94. The molecule has 35 heavy (non-hydrogen) atoms. The minimum Gasteiger partial charge on any atom is -0.393 e. The van der Waals surface area contributed by atoms with Gasteiger partial charge in [-0.25, -0.2) is 0 Å². The van der Waals surface area contributed by atoms with E-state index in [9.17, 15) is 41.7 Å². The minimum absolute atomic E-state index is 0.0378. The van der Waals surface area contributed by atoms with Crippen LogP contribution in [0.25, 0.3) is 0 Å². The molecule has 0 radical (unpaired) electrons. The van der Waals surface area contributed by atoms with Crippen molar-refractivity contribution in [3.05, 3.63) is 24.3 Å². The molecule has 3 fully saturated rings. The number of aliphatic hydroxyl groups is 3. The fourth-order valence-electron chi connectivity index (χ4n) is 7.03. The van der Waals surface area contributed by atoms with Gasteiger partial charge in [-0.1, -0.05) is 52.8 Å². The molecule has 0 aromatic heterocycles. The van der Waals surface area contributed by atoms with Crippen molar-refractivity contribution in [2.45, 2.75) is 102 Å². The Morgan fingerprint density at radius 3 is 2.17 bits per heavy atom. The van der Waals surface area contributed by atoms with Crippen LogP contribution in [0, 0.1) is 34.5 Å². The molecule has 0 amide bonds. The van der Waals surface area contributed by atoms with E-state index in [-0.39, 0.29) is 47.3 Å². The molecular weight excluding hydrogens is 474 g/mol. The minimum atomic E-state index is -5.79. The summed E-state index contributed by atoms with van der Waals surface area (Å²) in [5.41, 5.74) is -5.64. The average molecular weight is 513 g/mol. The van der Waals surface area contributed by atoms with Crippen LogP contribution in [0.15, 0.2) is 24.3 Å². The van der Waals surface area contributed by atoms with Gasteiger partial charge in [0.1, 0.15) is 0 Å². The molecule has 3 nitrogen and oxygen atoms in total. The van der Waals surface area contributed by atoms with Gasteiger partial charge in [0.25, 0.3) is 5.60 Å². The van der Waals surface area contributed by atoms with E-state index in [1.54, 1.807) is 0 Å². The quantitative estimate of drug-likeness (QED) is 0.276. The van der Waals surface area contributed by atoms with Crippen LogP contribution >= 0.6 is 0 Å². The number of aliphatic hydroxyl groups excluding tert-OH is 1. The van der Waals surface area contributed by atoms with Crippen LogP contribution < -0.4 is 0 Å². The Kier molecular flexibility index (Phi) is 7.13. The Balaban J connectivity index is 1.66. The summed E-state index contributed by atoms with van der Waals surface area (Å²) < 4.78 is 78.0. The van der Waals surface area contributed by atoms with Crippen LogP contribution in [0.3, 0.4) is 0 Å². The van der Waals surface area contributed by atoms with Gasteiger partial charge in [-0.15, -0.1) is 0 Å². The third kappa shape index (κ3) is 4.37. The molecule has 2 unspecified atom stereocenters. The number of hydrogen-bond donors (Lipinski definition) is 3. The van der Waals surface area contributed by atoms with Crippen LogP contribution in [0.1, 0.15) is 72.6 Å². The van der Waals surface area contributed by atoms with Crippen LogP contribution in [-0.4, -0.2) is 45.0 Å². The molecule has 3 rings (SSSR count). The molecule has 3 N–H and O–H groups in total. The Labute approximate surface area is 203 Å². The molecule has 3 saturated carbocycles. The van der Waals surface area contributed by atoms with Crippen LogP contribution in [0.5, 0.6) is 0 Å². The molecule has 0 heterocycles. The molecule has 7 atom stereocenters. The number of hydrogen-bond acceptors (Lipinski definition) is 3. The van der Waals surface area contributed by atoms with Gasteiger partial charge in [-0.3, -0.25) is 0 Å². The van der Waals surface area contributed by atoms with E-state index < -0.39 is 42.5 Å². The number of halogens is 6. The summed E-state index contributed by atoms with van der Waals surface area (Å²) in [4.78, 5) is 0. The van der Waals surface area contributed by atoms with E-state index in [0.717, 1.165) is 18.4 Å². The summed E-state index contributed by atoms with van der Waals surface area (Å²) in [6.45, 7) is 12.0. The third-order valence-corrected chi connectivity index (χ3v) is 10.2. The smallest absolute Gasteiger partial charge is 0.393 e. The van der Waals surface area contributed by atoms with Crippen LogP contribution in [0.4, 0.5) is 26.3 Å². The second-order valence-electron chi connectivity index (χ2n) is 12.0. The normalized spacial score (nSPS) is 38.6. The Morgan fingerprint density at radius 2 is 1.66 bits per heavy atom. The fraction of sp³-hybridized carbons (Fsp3) is 0.846. The maximum absolute atomic E-state index is 13.0. The number of fused-ring (bicyclic) bond motifs is 2. The lowest BCUT2D eigenvalue weighted by molar-refractivity contribution is -0.370. The zero-order valence-electron chi connectivity index (χ0n) is 20.8. The zero-order valence-corrected chi connectivity index (χ0v) is 20.8. The second kappa shape index (κ2) is 8.76. The Bertz CT molecular complexity index is 833. The topological polar surface area (TPSA) is 60.7 Å². The highest BCUT2D eigenvalue weighted by molar-refractivity contribution is 5.37. The Hall–Kier alpha value is -1.06. The SMILES string of the molecule is C=C1C2C[C@@H](O)C[C@]1(O)C2C=C[C@@H]1CC[C@](C)([C@H](C)CCCC(O)(C(F)(F)F)C(F)(F)F)C1(C)C. The third-order valence-electron chi connectivity index (χ3n) is 10.2. The van der Waals surface area contributed by atoms with E-state index in [0.29, 0.717) is 6.42 Å². The maximum atomic E-state index is 13.0. The molecule has 0 aromatic carbocycles. The first kappa shape index (κ1) is 28.5. The van der Waals surface area contributed by atoms with Crippen molar-refractivity contribution in [3.63, 3.8) is 0 Å². The van der Waals surface area contributed by atoms with Crippen LogP contribution in [0.2, 0.25) is 0 Å². The summed E-state index contributed by atoms with van der Waals surface area (Å²) in [6, 6.07) is 0. The molecule has 0 spiro atoms. The van der Waals surface area contributed by atoms with Crippen molar-refractivity contribution in [3.8, 4) is 0 Å². The van der Waals surface area contributed by atoms with Gasteiger partial charge in [0.2, 0.25) is 0 Å². The first-order valence-electron chi connectivity index (χ1n) is 12.4. The summed E-state index contributed by atoms with van der Waals surface area (Å²) >= 11 is 0. The van der Waals surface area contributed by atoms with Crippen molar-refractivity contribution in [2.75, 3.05) is 0 Å². The Morgan fingerprint density at radius 1 is 1.09 bits per heavy atom. The monoisotopic (exact) mass is 512 g/mol. The highest BCUT2D eigenvalue weighted by atomic mass is 19.4. The highest BCUT2D eigenvalue weighted by Gasteiger charge is 2.69. The van der Waals surface area contributed by atoms with Gasteiger partial charge >= 0.3 is 12.4 Å². The van der Waals surface area contributed by atoms with Crippen molar-refractivity contribution < 1.29 is 41.7 Å². The molecule has 0 aromatic rings. The number of rotatable bonds is 7. The molecule has 202 valence electrons. The van der Waals surface area contributed by atoms with E-state index in [2.05, 4.69) is 26.5 Å². The fourth-order valence-corrected chi connectivity index (χ4v) is 7.03. The lowest BCUT2D eigenvalue weighted by Crippen LogP contribution is -2.61. The molecular formula is C26H38F6O3. The maximum Gasteiger partial charge on any atom is 0.426 e. The number of allylic oxidation sites excluding steroid dienone is 1. The van der Waals surface area contributed by atoms with E-state index in [4.69, 9.17) is 0 Å². The van der Waals surface area contributed by atoms with Gasteiger partial charge < -0.3 is 15.3 Å². The van der Waals surface area contributed by atoms with Crippen molar-refractivity contribution in [2.24, 2.45) is 34.5 Å². The summed E-state index contributed by atoms with van der Waals surface area (Å²) in [5, 5.41) is 30.3. The predicted octanol–water partition coefficient (Wildman–Crippen LogP) is 6.34. The lowest BCUT2D eigenvalue weighted by atomic mass is 9.50. The molecule has 0 aliphatic heterocycles. The zero-order chi connectivity index (χ0) is 26.8. The highest BCUT2D eigenvalue weighted by Crippen LogP contribution is 2.62. The lowest BCUT2D eigenvalue weighted by Gasteiger charge is -2.58. The van der Waals surface area contributed by atoms with Crippen LogP contribution in [-0.2, 0) is 0 Å². The van der Waals surface area contributed by atoms with Gasteiger partial charge in [-0.05, 0) is 66.3 Å². The molecule has 3 aliphatic rings.